The first-order chi connectivity index (χ1) is 42.4. The molecule has 0 fully saturated rings. The van der Waals surface area contributed by atoms with Gasteiger partial charge in [-0.2, -0.15) is 9.12 Å². The summed E-state index contributed by atoms with van der Waals surface area (Å²) in [5.41, 5.74) is 20.3. The fraction of sp³-hybridized carbons (Fsp3) is 0.0375. The molecule has 0 saturated carbocycles. The number of hydrogen-bond donors (Lipinski definition) is 0. The van der Waals surface area contributed by atoms with E-state index in [9.17, 15) is 0 Å². The molecule has 1 radical (unpaired) electrons. The number of pyridine rings is 2. The lowest BCUT2D eigenvalue weighted by Gasteiger charge is -2.19. The molecule has 16 aromatic rings. The molecule has 3 aromatic heterocycles. The van der Waals surface area contributed by atoms with Gasteiger partial charge >= 0.3 is 0 Å². The van der Waals surface area contributed by atoms with E-state index in [0.717, 1.165) is 66.9 Å². The van der Waals surface area contributed by atoms with Gasteiger partial charge in [-0.3, -0.25) is 14.5 Å². The number of aryl methyl sites for hydroxylation is 2. The first-order valence-corrected chi connectivity index (χ1v) is 30.0. The molecule has 407 valence electrons. The van der Waals surface area contributed by atoms with E-state index in [0.29, 0.717) is 0 Å². The summed E-state index contributed by atoms with van der Waals surface area (Å²) in [6.07, 6.45) is 0. The van der Waals surface area contributed by atoms with Gasteiger partial charge in [0.1, 0.15) is 12.8 Å². The van der Waals surface area contributed by atoms with E-state index < -0.39 is 0 Å². The summed E-state index contributed by atoms with van der Waals surface area (Å²) >= 11 is 0. The molecular weight excluding hydrogens is 1060 g/mol. The third-order valence-corrected chi connectivity index (χ3v) is 16.3. The van der Waals surface area contributed by atoms with Crippen LogP contribution in [0.4, 0.5) is 0 Å². The number of nitrogens with zero attached hydrogens (tertiary/aromatic N) is 4. The average Bonchev–Trinajstić information content (AvgIpc) is 1.02. The molecule has 0 aliphatic heterocycles. The average molecular weight is 1120 g/mol. The zero-order valence-corrected chi connectivity index (χ0v) is 49.3. The SMILES string of the molecule is C[B]P.Cc1cc(-c2ccccc2)c2ccc3c(-c4ccccc4)cc(C)nc3c2n1.c1ccc(-n2c(-c3ccc(-c4ccc5c(-c6ccc7ccccc7c6)c6ccccc6c(-c6ccc7ccccc7c6)c5c4)cc3)nc3ccccc32)cc1. The monoisotopic (exact) mass is 1120 g/mol. The molecule has 0 spiro atoms. The third kappa shape index (κ3) is 10.2. The number of aromatic nitrogens is 4. The normalized spacial score (nSPS) is 11.3. The smallest absolute Gasteiger partial charge is 0.145 e. The first kappa shape index (κ1) is 53.7. The number of fused-ring (bicyclic) bond motifs is 8. The summed E-state index contributed by atoms with van der Waals surface area (Å²) in [5.74, 6) is 0.933. The van der Waals surface area contributed by atoms with Crippen LogP contribution in [0, 0.1) is 13.8 Å². The summed E-state index contributed by atoms with van der Waals surface area (Å²) in [6, 6.07) is 105. The molecule has 0 amide bonds. The molecule has 0 N–H and O–H groups in total. The minimum atomic E-state index is 0.933. The molecule has 0 bridgehead atoms. The summed E-state index contributed by atoms with van der Waals surface area (Å²) in [5, 5.41) is 12.2. The van der Waals surface area contributed by atoms with Crippen molar-refractivity contribution >= 4 is 92.0 Å². The first-order valence-electron chi connectivity index (χ1n) is 29.3. The molecule has 1 unspecified atom stereocenters. The lowest BCUT2D eigenvalue weighted by Crippen LogP contribution is -1.97. The predicted octanol–water partition coefficient (Wildman–Crippen LogP) is 21.6. The maximum Gasteiger partial charge on any atom is 0.145 e. The maximum absolute atomic E-state index is 5.12. The Kier molecular flexibility index (Phi) is 14.6. The second-order valence-corrected chi connectivity index (χ2v) is 22.6. The highest BCUT2D eigenvalue weighted by atomic mass is 31.0. The van der Waals surface area contributed by atoms with Crippen LogP contribution in [-0.4, -0.2) is 26.5 Å². The van der Waals surface area contributed by atoms with E-state index in [2.05, 4.69) is 307 Å². The van der Waals surface area contributed by atoms with Gasteiger partial charge in [-0.25, -0.2) is 4.98 Å². The topological polar surface area (TPSA) is 43.6 Å². The van der Waals surface area contributed by atoms with E-state index in [-0.39, 0.29) is 0 Å². The Morgan fingerprint density at radius 3 is 1.27 bits per heavy atom. The zero-order chi connectivity index (χ0) is 58.1. The fourth-order valence-electron chi connectivity index (χ4n) is 12.5. The van der Waals surface area contributed by atoms with Crippen molar-refractivity contribution in [2.45, 2.75) is 20.7 Å². The van der Waals surface area contributed by atoms with Crippen molar-refractivity contribution in [2.24, 2.45) is 0 Å². The van der Waals surface area contributed by atoms with Gasteiger partial charge < -0.3 is 0 Å². The van der Waals surface area contributed by atoms with Gasteiger partial charge in [-0.1, -0.05) is 243 Å². The molecule has 6 heteroatoms. The molecule has 86 heavy (non-hydrogen) atoms. The van der Waals surface area contributed by atoms with E-state index >= 15 is 0 Å². The van der Waals surface area contributed by atoms with Crippen LogP contribution < -0.4 is 0 Å². The molecule has 3 heterocycles. The predicted molar refractivity (Wildman–Crippen MR) is 372 cm³/mol. The van der Waals surface area contributed by atoms with Crippen LogP contribution in [-0.2, 0) is 0 Å². The number of imidazole rings is 1. The summed E-state index contributed by atoms with van der Waals surface area (Å²) in [6.45, 7) is 7.99. The van der Waals surface area contributed by atoms with Crippen LogP contribution in [0.15, 0.2) is 291 Å². The van der Waals surface area contributed by atoms with Crippen molar-refractivity contribution in [3.8, 4) is 72.7 Å². The number of hydrogen-bond acceptors (Lipinski definition) is 3. The summed E-state index contributed by atoms with van der Waals surface area (Å²) in [7, 11) is 2.45. The Balaban J connectivity index is 0.000000176. The lowest BCUT2D eigenvalue weighted by molar-refractivity contribution is 1.10. The molecule has 4 nitrogen and oxygen atoms in total. The number of benzene rings is 13. The van der Waals surface area contributed by atoms with Crippen LogP contribution in [0.25, 0.3) is 149 Å². The highest BCUT2D eigenvalue weighted by molar-refractivity contribution is 7.55. The van der Waals surface area contributed by atoms with E-state index in [4.69, 9.17) is 15.0 Å². The Morgan fingerprint density at radius 1 is 0.314 bits per heavy atom. The largest absolute Gasteiger partial charge is 0.292 e. The molecule has 13 aromatic carbocycles. The van der Waals surface area contributed by atoms with Crippen molar-refractivity contribution in [3.05, 3.63) is 303 Å². The Labute approximate surface area is 504 Å². The van der Waals surface area contributed by atoms with Gasteiger partial charge in [-0.05, 0) is 167 Å². The Bertz CT molecular complexity index is 5070. The summed E-state index contributed by atoms with van der Waals surface area (Å²) in [4.78, 5) is 14.9. The van der Waals surface area contributed by atoms with Gasteiger partial charge in [0.15, 0.2) is 0 Å². The highest BCUT2D eigenvalue weighted by Gasteiger charge is 2.20. The van der Waals surface area contributed by atoms with Crippen molar-refractivity contribution in [3.63, 3.8) is 0 Å². The molecular formula is C80H59BN4P. The van der Waals surface area contributed by atoms with E-state index in [1.54, 1.807) is 0 Å². The quantitative estimate of drug-likeness (QED) is 0.0691. The van der Waals surface area contributed by atoms with Crippen LogP contribution >= 0.6 is 9.12 Å². The van der Waals surface area contributed by atoms with Gasteiger partial charge in [0.05, 0.1) is 22.1 Å². The standard InChI is InChI=1S/C53H34N2.C26H20N2.CH5BP/c1-2-16-44(17-3-1)55-50-21-11-10-20-49(50)54-53(55)38-26-22-37(23-27-38)41-30-31-47-48(34-41)52(43-29-25-36-13-5-7-15-40(36)33-43)46-19-9-8-18-45(46)51(47)42-28-24-35-12-4-6-14-39(35)32-42;1-17-15-23(19-9-5-3-6-10-19)21-13-14-22-24(20-11-7-4-8-12-20)16-18(2)28-26(22)25(21)27-17;1-2-3/h1-34H;3-16H,1-2H3;3H2,1H3. The van der Waals surface area contributed by atoms with Crippen molar-refractivity contribution in [1.82, 2.24) is 19.5 Å². The maximum atomic E-state index is 5.12. The van der Waals surface area contributed by atoms with Crippen LogP contribution in [0.3, 0.4) is 0 Å². The minimum absolute atomic E-state index is 0.933. The zero-order valence-electron chi connectivity index (χ0n) is 48.2. The second-order valence-electron chi connectivity index (χ2n) is 21.9. The van der Waals surface area contributed by atoms with Crippen molar-refractivity contribution in [1.29, 1.82) is 0 Å². The van der Waals surface area contributed by atoms with E-state index in [1.165, 1.54) is 93.2 Å². The van der Waals surface area contributed by atoms with Crippen molar-refractivity contribution in [2.75, 3.05) is 0 Å². The lowest BCUT2D eigenvalue weighted by atomic mass is 9.84. The fourth-order valence-corrected chi connectivity index (χ4v) is 12.5. The Morgan fingerprint density at radius 2 is 0.721 bits per heavy atom. The Hall–Kier alpha value is -10.3. The molecule has 16 rings (SSSR count). The summed E-state index contributed by atoms with van der Waals surface area (Å²) < 4.78 is 2.26. The third-order valence-electron chi connectivity index (χ3n) is 16.3. The highest BCUT2D eigenvalue weighted by Crippen LogP contribution is 2.46. The van der Waals surface area contributed by atoms with Gasteiger partial charge in [-0.15, -0.1) is 0 Å². The number of rotatable bonds is 7. The molecule has 0 aliphatic carbocycles. The van der Waals surface area contributed by atoms with Crippen LogP contribution in [0.2, 0.25) is 6.82 Å². The molecule has 1 atom stereocenters. The van der Waals surface area contributed by atoms with Crippen LogP contribution in [0.5, 0.6) is 0 Å². The van der Waals surface area contributed by atoms with Gasteiger partial charge in [0.25, 0.3) is 0 Å². The molecule has 0 aliphatic rings. The van der Waals surface area contributed by atoms with Crippen molar-refractivity contribution < 1.29 is 0 Å². The minimum Gasteiger partial charge on any atom is -0.292 e. The second kappa shape index (κ2) is 23.4. The van der Waals surface area contributed by atoms with E-state index in [1.807, 2.05) is 26.0 Å². The van der Waals surface area contributed by atoms with Crippen LogP contribution in [0.1, 0.15) is 11.4 Å². The van der Waals surface area contributed by atoms with Gasteiger partial charge in [0, 0.05) is 33.4 Å². The molecule has 0 saturated heterocycles. The number of para-hydroxylation sites is 3. The van der Waals surface area contributed by atoms with Gasteiger partial charge in [0.2, 0.25) is 0 Å².